The Kier molecular flexibility index (Phi) is 39.8. The van der Waals surface area contributed by atoms with Crippen LogP contribution >= 0.6 is 0 Å². The van der Waals surface area contributed by atoms with Crippen molar-refractivity contribution in [3.63, 3.8) is 0 Å². The quantitative estimate of drug-likeness (QED) is 0.293. The number of carbonyl (C=O) groups excluding carboxylic acids is 2. The smallest absolute Gasteiger partial charge is 0.245 e. The summed E-state index contributed by atoms with van der Waals surface area (Å²) in [5, 5.41) is 0. The fourth-order valence-corrected chi connectivity index (χ4v) is 10.2. The normalized spacial score (nSPS) is 10.1. The standard InChI is InChI=1S/C65H4.C26H33N3O7S2/c1-3-5-7-9-11-13-15-17-19-21-23-25-27-29-31-33-35-37-39-41-43-45-47-49-51-53-55-57-59-61-63-65-64-62-60-58-56-54-52-50-48-46-44-42-40-38-36-34-32-30-28-26-24-22-20-18-16-14-12-10-8-6-4-2;1-19(30)21-5-9-24(10-6-21)37(32,33)28-15-13-26(14-16-28)29(18-23(36-26)17-27(3)4)38(34,35)25-11-7-22(8-12-25)20(2)31/h1H,2H3;5-12,23H,13-18H2,1-4H3. The minimum Gasteiger partial charge on any atom is -0.353 e. The summed E-state index contributed by atoms with van der Waals surface area (Å²) >= 11 is 0. The molecule has 0 aliphatic carbocycles. The minimum absolute atomic E-state index is 0.0524. The summed E-state index contributed by atoms with van der Waals surface area (Å²) < 4.78 is 63.3. The minimum atomic E-state index is -4.00. The Labute approximate surface area is 607 Å². The summed E-state index contributed by atoms with van der Waals surface area (Å²) in [5.41, 5.74) is -0.356. The van der Waals surface area contributed by atoms with Gasteiger partial charge in [-0.05, 0) is 154 Å². The van der Waals surface area contributed by atoms with Crippen LogP contribution in [0, 0.1) is 379 Å². The molecule has 2 fully saturated rings. The maximum atomic E-state index is 13.8. The number of Topliss-reactive ketones (excluding diaryl/α,β-unsaturated/α-hetero) is 2. The van der Waals surface area contributed by atoms with Gasteiger partial charge >= 0.3 is 0 Å². The monoisotopic (exact) mass is 1350 g/mol. The summed E-state index contributed by atoms with van der Waals surface area (Å²) in [6.45, 7) is 5.29. The van der Waals surface area contributed by atoms with Gasteiger partial charge in [0.25, 0.3) is 0 Å². The van der Waals surface area contributed by atoms with Crippen molar-refractivity contribution in [2.75, 3.05) is 40.3 Å². The average Bonchev–Trinajstić information content (AvgIpc) is 1.62. The molecule has 2 heterocycles. The number of likely N-dealkylation sites (N-methyl/N-ethyl adjacent to an activating group) is 1. The number of terminal acetylenes is 1. The van der Waals surface area contributed by atoms with Gasteiger partial charge in [0.2, 0.25) is 20.0 Å². The first-order valence-electron chi connectivity index (χ1n) is 28.6. The first-order chi connectivity index (χ1) is 50.2. The molecule has 2 aromatic rings. The third-order valence-electron chi connectivity index (χ3n) is 11.0. The number of hydrogen-bond donors (Lipinski definition) is 0. The van der Waals surface area contributed by atoms with Gasteiger partial charge in [0.05, 0.1) is 15.9 Å². The second-order valence-electron chi connectivity index (χ2n) is 18.1. The molecule has 1 atom stereocenters. The molecular weight excluding hydrogens is 1310 g/mol. The highest BCUT2D eigenvalue weighted by Crippen LogP contribution is 2.42. The molecule has 0 bridgehead atoms. The summed E-state index contributed by atoms with van der Waals surface area (Å²) in [4.78, 5) is 25.3. The van der Waals surface area contributed by atoms with E-state index in [0.717, 1.165) is 0 Å². The molecule has 10 nitrogen and oxygen atoms in total. The van der Waals surface area contributed by atoms with Crippen LogP contribution in [0.4, 0.5) is 0 Å². The maximum Gasteiger partial charge on any atom is 0.245 e. The van der Waals surface area contributed by atoms with Crippen LogP contribution in [0.25, 0.3) is 0 Å². The molecule has 1 spiro atoms. The van der Waals surface area contributed by atoms with Crippen molar-refractivity contribution >= 4 is 31.6 Å². The highest BCUT2D eigenvalue weighted by molar-refractivity contribution is 7.89. The Morgan fingerprint density at radius 1 is 0.379 bits per heavy atom. The number of benzene rings is 2. The lowest BCUT2D eigenvalue weighted by atomic mass is 10.0. The SMILES string of the molecule is C#CC#CC#CC#CC#CC#CC#CC#CC#CC#CC#CC#CC#CC#CC#CC#CC#CC#CC#CC#CC#CC#CC#CC#CC#CC#CC#CC#CC#CC#CC#CC#CC.CC(=O)c1ccc(S(=O)(=O)N2CCC3(CC2)OC(CN(C)C)CN3S(=O)(=O)c2ccc(C(C)=O)cc2)cc1. The van der Waals surface area contributed by atoms with Crippen LogP contribution in [0.5, 0.6) is 0 Å². The van der Waals surface area contributed by atoms with Crippen molar-refractivity contribution in [3.8, 4) is 379 Å². The zero-order valence-corrected chi connectivity index (χ0v) is 56.7. The van der Waals surface area contributed by atoms with E-state index in [2.05, 4.69) is 373 Å². The largest absolute Gasteiger partial charge is 0.353 e. The van der Waals surface area contributed by atoms with Gasteiger partial charge in [-0.3, -0.25) is 9.59 Å². The van der Waals surface area contributed by atoms with Crippen molar-refractivity contribution in [1.82, 2.24) is 13.5 Å². The zero-order chi connectivity index (χ0) is 74.4. The van der Waals surface area contributed by atoms with Gasteiger partial charge in [-0.15, -0.1) is 6.42 Å². The summed E-state index contributed by atoms with van der Waals surface area (Å²) in [6, 6.07) is 11.6. The van der Waals surface area contributed by atoms with Crippen molar-refractivity contribution in [1.29, 1.82) is 0 Å². The number of ketones is 2. The van der Waals surface area contributed by atoms with Crippen LogP contribution in [0.15, 0.2) is 58.3 Å². The summed E-state index contributed by atoms with van der Waals surface area (Å²) in [5.74, 6) is 157. The summed E-state index contributed by atoms with van der Waals surface area (Å²) in [6.07, 6.45) is 4.87. The van der Waals surface area contributed by atoms with Crippen molar-refractivity contribution in [2.45, 2.75) is 55.2 Å². The molecule has 0 aromatic heterocycles. The molecule has 2 aliphatic heterocycles. The number of ether oxygens (including phenoxy) is 1. The lowest BCUT2D eigenvalue weighted by Crippen LogP contribution is -2.55. The van der Waals surface area contributed by atoms with E-state index in [1.165, 1.54) is 71.0 Å². The van der Waals surface area contributed by atoms with E-state index in [4.69, 9.17) is 11.2 Å². The van der Waals surface area contributed by atoms with Crippen molar-refractivity contribution < 1.29 is 31.2 Å². The second kappa shape index (κ2) is 50.9. The molecular formula is C91H37N3O7S2. The Bertz CT molecular complexity index is 6300. The molecule has 2 aliphatic rings. The van der Waals surface area contributed by atoms with E-state index in [9.17, 15) is 26.4 Å². The first kappa shape index (κ1) is 80.7. The number of sulfonamides is 2. The second-order valence-corrected chi connectivity index (χ2v) is 21.9. The summed E-state index contributed by atoms with van der Waals surface area (Å²) in [7, 11) is -4.09. The molecule has 0 radical (unpaired) electrons. The van der Waals surface area contributed by atoms with Gasteiger partial charge in [-0.1, -0.05) is 30.2 Å². The molecule has 2 saturated heterocycles. The van der Waals surface area contributed by atoms with E-state index < -0.39 is 31.9 Å². The Hall–Kier alpha value is -16.6. The lowest BCUT2D eigenvalue weighted by Gasteiger charge is -2.42. The fourth-order valence-electron chi connectivity index (χ4n) is 6.96. The first-order valence-corrected chi connectivity index (χ1v) is 31.5. The van der Waals surface area contributed by atoms with Crippen molar-refractivity contribution in [2.24, 2.45) is 0 Å². The van der Waals surface area contributed by atoms with E-state index >= 15 is 0 Å². The van der Waals surface area contributed by atoms with Crippen LogP contribution in [0.1, 0.15) is 54.3 Å². The molecule has 0 saturated carbocycles. The van der Waals surface area contributed by atoms with E-state index in [1.807, 2.05) is 19.0 Å². The van der Waals surface area contributed by atoms with Crippen LogP contribution in [0.2, 0.25) is 0 Å². The molecule has 1 unspecified atom stereocenters. The third kappa shape index (κ3) is 36.1. The molecule has 12 heteroatoms. The van der Waals surface area contributed by atoms with E-state index in [0.29, 0.717) is 17.7 Å². The highest BCUT2D eigenvalue weighted by Gasteiger charge is 2.54. The Morgan fingerprint density at radius 3 is 0.796 bits per heavy atom. The fraction of sp³-hybridized carbons (Fsp3) is 0.143. The maximum absolute atomic E-state index is 13.8. The molecule has 103 heavy (non-hydrogen) atoms. The van der Waals surface area contributed by atoms with E-state index in [-0.39, 0.29) is 53.8 Å². The van der Waals surface area contributed by atoms with Gasteiger partial charge < -0.3 is 9.64 Å². The number of nitrogens with zero attached hydrogens (tertiary/aromatic N) is 3. The highest BCUT2D eigenvalue weighted by atomic mass is 32.2. The molecule has 470 valence electrons. The third-order valence-corrected chi connectivity index (χ3v) is 14.8. The predicted molar refractivity (Wildman–Crippen MR) is 396 cm³/mol. The molecule has 0 N–H and O–H groups in total. The number of carbonyl (C=O) groups is 2. The van der Waals surface area contributed by atoms with Crippen LogP contribution in [-0.2, 0) is 24.8 Å². The average molecular weight is 1350 g/mol. The molecule has 2 aromatic carbocycles. The van der Waals surface area contributed by atoms with Gasteiger partial charge in [-0.25, -0.2) is 16.8 Å². The van der Waals surface area contributed by atoms with Crippen LogP contribution in [-0.4, -0.2) is 94.0 Å². The van der Waals surface area contributed by atoms with Gasteiger partial charge in [0, 0.05) is 322 Å². The predicted octanol–water partition coefficient (Wildman–Crippen LogP) is 2.97. The lowest BCUT2D eigenvalue weighted by molar-refractivity contribution is -0.108. The van der Waals surface area contributed by atoms with Crippen molar-refractivity contribution in [3.05, 3.63) is 59.7 Å². The van der Waals surface area contributed by atoms with Crippen LogP contribution in [0.3, 0.4) is 0 Å². The molecule has 4 rings (SSSR count). The van der Waals surface area contributed by atoms with Gasteiger partial charge in [-0.2, -0.15) is 8.61 Å². The zero-order valence-electron chi connectivity index (χ0n) is 55.0. The molecule has 0 amide bonds. The van der Waals surface area contributed by atoms with Gasteiger partial charge in [0.1, 0.15) is 5.72 Å². The van der Waals surface area contributed by atoms with Crippen LogP contribution < -0.4 is 0 Å². The Morgan fingerprint density at radius 2 is 0.592 bits per heavy atom. The number of piperidine rings is 1. The van der Waals surface area contributed by atoms with E-state index in [1.54, 1.807) is 6.92 Å². The van der Waals surface area contributed by atoms with Gasteiger partial charge in [0.15, 0.2) is 11.6 Å². The Balaban J connectivity index is 0.000000608. The number of rotatable bonds is 8. The topological polar surface area (TPSA) is 121 Å². The number of hydrogen-bond acceptors (Lipinski definition) is 8.